The van der Waals surface area contributed by atoms with Crippen molar-refractivity contribution in [2.45, 2.75) is 44.4 Å². The van der Waals surface area contributed by atoms with Crippen LogP contribution in [0.25, 0.3) is 0 Å². The molecule has 1 saturated carbocycles. The van der Waals surface area contributed by atoms with Gasteiger partial charge >= 0.3 is 0 Å². The molecule has 19 heavy (non-hydrogen) atoms. The second-order valence-corrected chi connectivity index (χ2v) is 5.83. The maximum absolute atomic E-state index is 6.18. The van der Waals surface area contributed by atoms with E-state index in [1.807, 2.05) is 6.07 Å². The minimum absolute atomic E-state index is 0.0916. The largest absolute Gasteiger partial charge is 0.486 e. The first-order chi connectivity index (χ1) is 9.27. The minimum atomic E-state index is 0.0916. The standard InChI is InChI=1S/C16H23NO2/c1-12-5-6-13-15(19-10-9-18-13)14(12)16(11-17)7-3-2-4-8-16/h5-6H,2-4,7-11,17H2,1H3. The van der Waals surface area contributed by atoms with Crippen molar-refractivity contribution in [3.05, 3.63) is 23.3 Å². The first kappa shape index (κ1) is 12.8. The summed E-state index contributed by atoms with van der Waals surface area (Å²) in [6.07, 6.45) is 6.20. The van der Waals surface area contributed by atoms with Gasteiger partial charge in [0.05, 0.1) is 0 Å². The van der Waals surface area contributed by atoms with Crippen LogP contribution in [0.5, 0.6) is 11.5 Å². The highest BCUT2D eigenvalue weighted by Crippen LogP contribution is 2.48. The summed E-state index contributed by atoms with van der Waals surface area (Å²) in [6.45, 7) is 4.16. The van der Waals surface area contributed by atoms with Gasteiger partial charge in [-0.05, 0) is 31.4 Å². The molecule has 0 unspecified atom stereocenters. The molecule has 0 spiro atoms. The lowest BCUT2D eigenvalue weighted by atomic mass is 9.68. The molecule has 0 aromatic heterocycles. The number of rotatable bonds is 2. The molecule has 3 heteroatoms. The highest BCUT2D eigenvalue weighted by molar-refractivity contribution is 5.55. The molecule has 0 amide bonds. The van der Waals surface area contributed by atoms with Crippen molar-refractivity contribution in [3.8, 4) is 11.5 Å². The van der Waals surface area contributed by atoms with E-state index in [1.54, 1.807) is 0 Å². The van der Waals surface area contributed by atoms with Gasteiger partial charge in [0.2, 0.25) is 0 Å². The Kier molecular flexibility index (Phi) is 3.40. The molecular weight excluding hydrogens is 238 g/mol. The smallest absolute Gasteiger partial charge is 0.165 e. The van der Waals surface area contributed by atoms with Gasteiger partial charge in [-0.1, -0.05) is 25.3 Å². The molecule has 0 bridgehead atoms. The molecular formula is C16H23NO2. The van der Waals surface area contributed by atoms with Crippen molar-refractivity contribution < 1.29 is 9.47 Å². The maximum Gasteiger partial charge on any atom is 0.165 e. The molecule has 104 valence electrons. The molecule has 0 atom stereocenters. The van der Waals surface area contributed by atoms with Crippen LogP contribution in [0, 0.1) is 6.92 Å². The Hall–Kier alpha value is -1.22. The molecule has 3 rings (SSSR count). The topological polar surface area (TPSA) is 44.5 Å². The summed E-state index contributed by atoms with van der Waals surface area (Å²) in [7, 11) is 0. The predicted molar refractivity (Wildman–Crippen MR) is 76.0 cm³/mol. The lowest BCUT2D eigenvalue weighted by Crippen LogP contribution is -2.38. The van der Waals surface area contributed by atoms with Gasteiger partial charge in [0, 0.05) is 17.5 Å². The summed E-state index contributed by atoms with van der Waals surface area (Å²) in [5.74, 6) is 1.85. The van der Waals surface area contributed by atoms with E-state index in [1.165, 1.54) is 43.2 Å². The molecule has 1 fully saturated rings. The molecule has 1 aromatic carbocycles. The number of hydrogen-bond donors (Lipinski definition) is 1. The fourth-order valence-electron chi connectivity index (χ4n) is 3.66. The van der Waals surface area contributed by atoms with Crippen LogP contribution >= 0.6 is 0 Å². The summed E-state index contributed by atoms with van der Waals surface area (Å²) in [5, 5.41) is 0. The fourth-order valence-corrected chi connectivity index (χ4v) is 3.66. The number of hydrogen-bond acceptors (Lipinski definition) is 3. The molecule has 1 aliphatic carbocycles. The molecule has 0 radical (unpaired) electrons. The Morgan fingerprint density at radius 1 is 1.11 bits per heavy atom. The zero-order chi connectivity index (χ0) is 13.3. The predicted octanol–water partition coefficient (Wildman–Crippen LogP) is 2.93. The number of ether oxygens (including phenoxy) is 2. The first-order valence-corrected chi connectivity index (χ1v) is 7.37. The van der Waals surface area contributed by atoms with Gasteiger partial charge in [0.25, 0.3) is 0 Å². The number of aryl methyl sites for hydroxylation is 1. The van der Waals surface area contributed by atoms with E-state index in [-0.39, 0.29) is 5.41 Å². The molecule has 1 aliphatic heterocycles. The van der Waals surface area contributed by atoms with Crippen molar-refractivity contribution in [2.24, 2.45) is 5.73 Å². The SMILES string of the molecule is Cc1ccc2c(c1C1(CN)CCCCC1)OCCO2. The van der Waals surface area contributed by atoms with E-state index in [9.17, 15) is 0 Å². The van der Waals surface area contributed by atoms with E-state index < -0.39 is 0 Å². The third kappa shape index (κ3) is 2.10. The number of benzene rings is 1. The van der Waals surface area contributed by atoms with Crippen molar-refractivity contribution >= 4 is 0 Å². The van der Waals surface area contributed by atoms with E-state index in [4.69, 9.17) is 15.2 Å². The molecule has 2 aliphatic rings. The fraction of sp³-hybridized carbons (Fsp3) is 0.625. The van der Waals surface area contributed by atoms with Gasteiger partial charge in [-0.3, -0.25) is 0 Å². The van der Waals surface area contributed by atoms with E-state index in [2.05, 4.69) is 13.0 Å². The van der Waals surface area contributed by atoms with Crippen LogP contribution in [-0.2, 0) is 5.41 Å². The highest BCUT2D eigenvalue weighted by Gasteiger charge is 2.38. The summed E-state index contributed by atoms with van der Waals surface area (Å²) in [4.78, 5) is 0. The van der Waals surface area contributed by atoms with Crippen LogP contribution in [0.1, 0.15) is 43.2 Å². The van der Waals surface area contributed by atoms with Gasteiger partial charge < -0.3 is 15.2 Å². The van der Waals surface area contributed by atoms with Crippen molar-refractivity contribution in [1.82, 2.24) is 0 Å². The Morgan fingerprint density at radius 3 is 2.58 bits per heavy atom. The quantitative estimate of drug-likeness (QED) is 0.890. The van der Waals surface area contributed by atoms with Crippen molar-refractivity contribution in [2.75, 3.05) is 19.8 Å². The molecule has 0 saturated heterocycles. The monoisotopic (exact) mass is 261 g/mol. The Labute approximate surface area is 115 Å². The van der Waals surface area contributed by atoms with Crippen molar-refractivity contribution in [1.29, 1.82) is 0 Å². The van der Waals surface area contributed by atoms with Gasteiger partial charge in [0.1, 0.15) is 13.2 Å². The van der Waals surface area contributed by atoms with Gasteiger partial charge in [-0.25, -0.2) is 0 Å². The first-order valence-electron chi connectivity index (χ1n) is 7.37. The summed E-state index contributed by atoms with van der Waals surface area (Å²) >= 11 is 0. The highest BCUT2D eigenvalue weighted by atomic mass is 16.6. The van der Waals surface area contributed by atoms with Crippen LogP contribution < -0.4 is 15.2 Å². The zero-order valence-electron chi connectivity index (χ0n) is 11.7. The van der Waals surface area contributed by atoms with Crippen LogP contribution in [0.4, 0.5) is 0 Å². The lowest BCUT2D eigenvalue weighted by Gasteiger charge is -2.39. The second kappa shape index (κ2) is 5.04. The zero-order valence-corrected chi connectivity index (χ0v) is 11.7. The van der Waals surface area contributed by atoms with E-state index in [0.29, 0.717) is 19.8 Å². The Balaban J connectivity index is 2.11. The average molecular weight is 261 g/mol. The average Bonchev–Trinajstić information content (AvgIpc) is 2.48. The number of nitrogens with two attached hydrogens (primary N) is 1. The third-order valence-corrected chi connectivity index (χ3v) is 4.65. The van der Waals surface area contributed by atoms with Crippen LogP contribution in [0.2, 0.25) is 0 Å². The van der Waals surface area contributed by atoms with Crippen LogP contribution in [0.15, 0.2) is 12.1 Å². The number of fused-ring (bicyclic) bond motifs is 1. The molecule has 1 heterocycles. The summed E-state index contributed by atoms with van der Waals surface area (Å²) < 4.78 is 11.7. The van der Waals surface area contributed by atoms with E-state index in [0.717, 1.165) is 11.5 Å². The lowest BCUT2D eigenvalue weighted by molar-refractivity contribution is 0.163. The minimum Gasteiger partial charge on any atom is -0.486 e. The van der Waals surface area contributed by atoms with Crippen molar-refractivity contribution in [3.63, 3.8) is 0 Å². The second-order valence-electron chi connectivity index (χ2n) is 5.83. The molecule has 3 nitrogen and oxygen atoms in total. The third-order valence-electron chi connectivity index (χ3n) is 4.65. The molecule has 2 N–H and O–H groups in total. The molecule has 1 aromatic rings. The van der Waals surface area contributed by atoms with Gasteiger partial charge in [-0.15, -0.1) is 0 Å². The van der Waals surface area contributed by atoms with E-state index >= 15 is 0 Å². The van der Waals surface area contributed by atoms with Crippen LogP contribution in [-0.4, -0.2) is 19.8 Å². The Morgan fingerprint density at radius 2 is 1.84 bits per heavy atom. The summed E-state index contributed by atoms with van der Waals surface area (Å²) in [5.41, 5.74) is 8.87. The Bertz CT molecular complexity index is 464. The van der Waals surface area contributed by atoms with Gasteiger partial charge in [-0.2, -0.15) is 0 Å². The summed E-state index contributed by atoms with van der Waals surface area (Å²) in [6, 6.07) is 4.18. The van der Waals surface area contributed by atoms with Crippen LogP contribution in [0.3, 0.4) is 0 Å². The maximum atomic E-state index is 6.18. The normalized spacial score (nSPS) is 21.2. The van der Waals surface area contributed by atoms with Gasteiger partial charge in [0.15, 0.2) is 11.5 Å².